The van der Waals surface area contributed by atoms with Crippen LogP contribution in [0.4, 0.5) is 0 Å². The number of epoxide rings is 2. The van der Waals surface area contributed by atoms with Crippen LogP contribution in [0, 0.1) is 5.92 Å². The minimum absolute atomic E-state index is 0.107. The highest BCUT2D eigenvalue weighted by Crippen LogP contribution is 2.76. The predicted octanol–water partition coefficient (Wildman–Crippen LogP) is 1.43. The molecule has 0 aromatic rings. The highest BCUT2D eigenvalue weighted by Gasteiger charge is 2.93. The number of rotatable bonds is 1. The molecule has 0 bridgehead atoms. The van der Waals surface area contributed by atoms with Gasteiger partial charge in [0.2, 0.25) is 11.6 Å². The predicted molar refractivity (Wildman–Crippen MR) is 35.2 cm³/mol. The van der Waals surface area contributed by atoms with Crippen LogP contribution < -0.4 is 0 Å². The lowest BCUT2D eigenvalue weighted by Crippen LogP contribution is -2.15. The van der Waals surface area contributed by atoms with Crippen molar-refractivity contribution in [3.8, 4) is 0 Å². The van der Waals surface area contributed by atoms with Crippen molar-refractivity contribution in [3.05, 3.63) is 12.7 Å². The second-order valence-corrected chi connectivity index (χ2v) is 3.36. The SMILES string of the molecule is C=CC1CCCC23OC12O3. The summed E-state index contributed by atoms with van der Waals surface area (Å²) in [5, 5.41) is 0. The molecule has 0 radical (unpaired) electrons. The molecule has 1 atom stereocenters. The van der Waals surface area contributed by atoms with E-state index in [4.69, 9.17) is 9.47 Å². The molecule has 2 heterocycles. The van der Waals surface area contributed by atoms with Gasteiger partial charge in [-0.25, -0.2) is 0 Å². The topological polar surface area (TPSA) is 25.1 Å². The summed E-state index contributed by atoms with van der Waals surface area (Å²) >= 11 is 0. The zero-order valence-electron chi connectivity index (χ0n) is 5.80. The maximum atomic E-state index is 5.45. The Kier molecular flexibility index (Phi) is 0.634. The lowest BCUT2D eigenvalue weighted by molar-refractivity contribution is -0.103. The van der Waals surface area contributed by atoms with E-state index in [1.807, 2.05) is 6.08 Å². The normalized spacial score (nSPS) is 62.2. The molecule has 10 heavy (non-hydrogen) atoms. The molecule has 54 valence electrons. The highest BCUT2D eigenvalue weighted by molar-refractivity contribution is 5.25. The summed E-state index contributed by atoms with van der Waals surface area (Å²) in [6.45, 7) is 3.77. The van der Waals surface area contributed by atoms with Gasteiger partial charge < -0.3 is 9.47 Å². The van der Waals surface area contributed by atoms with Gasteiger partial charge in [-0.1, -0.05) is 6.08 Å². The van der Waals surface area contributed by atoms with E-state index in [2.05, 4.69) is 6.58 Å². The standard InChI is InChI=1S/C8H10O2/c1-2-6-4-3-5-7-8(6,9-7)10-7/h2,6H,1,3-5H2. The molecule has 3 rings (SSSR count). The Hall–Kier alpha value is -0.340. The first-order valence-corrected chi connectivity index (χ1v) is 3.86. The van der Waals surface area contributed by atoms with Crippen LogP contribution in [0.5, 0.6) is 0 Å². The van der Waals surface area contributed by atoms with E-state index in [0.29, 0.717) is 5.92 Å². The fourth-order valence-electron chi connectivity index (χ4n) is 2.17. The summed E-state index contributed by atoms with van der Waals surface area (Å²) in [5.74, 6) is 0.193. The molecule has 0 spiro atoms. The second-order valence-electron chi connectivity index (χ2n) is 3.36. The Morgan fingerprint density at radius 2 is 2.30 bits per heavy atom. The molecule has 2 nitrogen and oxygen atoms in total. The van der Waals surface area contributed by atoms with Crippen LogP contribution in [-0.2, 0) is 9.47 Å². The summed E-state index contributed by atoms with van der Waals surface area (Å²) in [4.78, 5) is 0. The molecule has 2 aliphatic heterocycles. The first-order chi connectivity index (χ1) is 4.83. The van der Waals surface area contributed by atoms with E-state index < -0.39 is 0 Å². The highest BCUT2D eigenvalue weighted by atomic mass is 17.0. The van der Waals surface area contributed by atoms with Crippen molar-refractivity contribution in [2.24, 2.45) is 5.92 Å². The Morgan fingerprint density at radius 3 is 2.90 bits per heavy atom. The molecule has 3 fully saturated rings. The Bertz CT molecular complexity index is 203. The number of hydrogen-bond acceptors (Lipinski definition) is 2. The van der Waals surface area contributed by atoms with Crippen molar-refractivity contribution >= 4 is 0 Å². The van der Waals surface area contributed by atoms with E-state index in [1.54, 1.807) is 0 Å². The van der Waals surface area contributed by atoms with Crippen LogP contribution in [0.3, 0.4) is 0 Å². The van der Waals surface area contributed by atoms with E-state index in [-0.39, 0.29) is 11.6 Å². The molecule has 1 saturated carbocycles. The van der Waals surface area contributed by atoms with Gasteiger partial charge >= 0.3 is 0 Å². The Labute approximate surface area is 59.8 Å². The van der Waals surface area contributed by atoms with Gasteiger partial charge in [0.15, 0.2) is 0 Å². The third kappa shape index (κ3) is 0.339. The monoisotopic (exact) mass is 138 g/mol. The van der Waals surface area contributed by atoms with Crippen LogP contribution >= 0.6 is 0 Å². The van der Waals surface area contributed by atoms with E-state index in [0.717, 1.165) is 6.42 Å². The summed E-state index contributed by atoms with van der Waals surface area (Å²) in [7, 11) is 0. The molecule has 3 aliphatic rings. The average molecular weight is 138 g/mol. The third-order valence-electron chi connectivity index (χ3n) is 2.87. The molecule has 1 unspecified atom stereocenters. The maximum Gasteiger partial charge on any atom is 0.235 e. The first kappa shape index (κ1) is 5.33. The minimum atomic E-state index is -0.160. The van der Waals surface area contributed by atoms with Gasteiger partial charge in [0.05, 0.1) is 0 Å². The zero-order chi connectivity index (χ0) is 6.82. The molecule has 1 aliphatic carbocycles. The maximum absolute atomic E-state index is 5.45. The Morgan fingerprint density at radius 1 is 1.50 bits per heavy atom. The lowest BCUT2D eigenvalue weighted by Gasteiger charge is -2.09. The molecule has 0 N–H and O–H groups in total. The van der Waals surface area contributed by atoms with Gasteiger partial charge in [-0.05, 0) is 12.8 Å². The molecule has 0 amide bonds. The minimum Gasteiger partial charge on any atom is -0.306 e. The fourth-order valence-corrected chi connectivity index (χ4v) is 2.17. The van der Waals surface area contributed by atoms with Gasteiger partial charge in [-0.3, -0.25) is 0 Å². The number of hydrogen-bond donors (Lipinski definition) is 0. The van der Waals surface area contributed by atoms with Crippen molar-refractivity contribution in [2.45, 2.75) is 30.8 Å². The van der Waals surface area contributed by atoms with Gasteiger partial charge in [0, 0.05) is 12.3 Å². The molecular weight excluding hydrogens is 128 g/mol. The van der Waals surface area contributed by atoms with Crippen LogP contribution in [0.1, 0.15) is 19.3 Å². The zero-order valence-corrected chi connectivity index (χ0v) is 5.80. The van der Waals surface area contributed by atoms with Crippen molar-refractivity contribution in [3.63, 3.8) is 0 Å². The van der Waals surface area contributed by atoms with E-state index >= 15 is 0 Å². The van der Waals surface area contributed by atoms with Crippen molar-refractivity contribution in [1.29, 1.82) is 0 Å². The summed E-state index contributed by atoms with van der Waals surface area (Å²) < 4.78 is 10.9. The Balaban J connectivity index is 1.93. The summed E-state index contributed by atoms with van der Waals surface area (Å²) in [5.41, 5.74) is 0. The van der Waals surface area contributed by atoms with E-state index in [1.165, 1.54) is 12.8 Å². The van der Waals surface area contributed by atoms with Crippen LogP contribution in [0.15, 0.2) is 12.7 Å². The van der Waals surface area contributed by atoms with Gasteiger partial charge in [-0.15, -0.1) is 6.58 Å². The van der Waals surface area contributed by atoms with Crippen LogP contribution in [0.25, 0.3) is 0 Å². The third-order valence-corrected chi connectivity index (χ3v) is 2.87. The van der Waals surface area contributed by atoms with Gasteiger partial charge in [-0.2, -0.15) is 0 Å². The fraction of sp³-hybridized carbons (Fsp3) is 0.750. The first-order valence-electron chi connectivity index (χ1n) is 3.86. The second kappa shape index (κ2) is 1.19. The molecule has 0 aromatic carbocycles. The van der Waals surface area contributed by atoms with Crippen LogP contribution in [0.2, 0.25) is 0 Å². The largest absolute Gasteiger partial charge is 0.306 e. The van der Waals surface area contributed by atoms with Gasteiger partial charge in [0.25, 0.3) is 0 Å². The quantitative estimate of drug-likeness (QED) is 0.404. The smallest absolute Gasteiger partial charge is 0.235 e. The average Bonchev–Trinajstić information content (AvgIpc) is 2.69. The number of ether oxygens (including phenoxy) is 2. The molecule has 0 aromatic heterocycles. The molecule has 2 heteroatoms. The van der Waals surface area contributed by atoms with Crippen molar-refractivity contribution < 1.29 is 9.47 Å². The van der Waals surface area contributed by atoms with Crippen molar-refractivity contribution in [2.75, 3.05) is 0 Å². The lowest BCUT2D eigenvalue weighted by atomic mass is 9.89. The van der Waals surface area contributed by atoms with Crippen molar-refractivity contribution in [1.82, 2.24) is 0 Å². The van der Waals surface area contributed by atoms with Crippen LogP contribution in [-0.4, -0.2) is 11.6 Å². The van der Waals surface area contributed by atoms with Gasteiger partial charge in [0.1, 0.15) is 0 Å². The summed E-state index contributed by atoms with van der Waals surface area (Å²) in [6, 6.07) is 0. The molecular formula is C8H10O2. The van der Waals surface area contributed by atoms with E-state index in [9.17, 15) is 0 Å². The summed E-state index contributed by atoms with van der Waals surface area (Å²) in [6.07, 6.45) is 5.47. The molecule has 2 saturated heterocycles.